The zero-order valence-corrected chi connectivity index (χ0v) is 19.2. The zero-order chi connectivity index (χ0) is 22.2. The van der Waals surface area contributed by atoms with Crippen LogP contribution < -0.4 is 14.2 Å². The van der Waals surface area contributed by atoms with E-state index in [-0.39, 0.29) is 12.5 Å². The van der Waals surface area contributed by atoms with Gasteiger partial charge in [0.1, 0.15) is 11.5 Å². The molecule has 0 saturated heterocycles. The molecule has 0 spiro atoms. The van der Waals surface area contributed by atoms with Crippen LogP contribution >= 0.6 is 27.5 Å². The number of hydrogen-bond acceptors (Lipinski definition) is 4. The molecule has 0 radical (unpaired) electrons. The van der Waals surface area contributed by atoms with Crippen molar-refractivity contribution in [2.24, 2.45) is 0 Å². The number of rotatable bonds is 10. The van der Waals surface area contributed by atoms with Crippen molar-refractivity contribution in [2.45, 2.75) is 25.9 Å². The highest BCUT2D eigenvalue weighted by atomic mass is 79.9. The Morgan fingerprint density at radius 2 is 1.77 bits per heavy atom. The quantitative estimate of drug-likeness (QED) is 0.330. The molecular weight excluding hydrogens is 484 g/mol. The lowest BCUT2D eigenvalue weighted by molar-refractivity contribution is -0.136. The molecule has 3 rings (SSSR count). The number of carboxylic acids is 1. The first kappa shape index (κ1) is 23.0. The third-order valence-electron chi connectivity index (χ3n) is 4.34. The molecule has 1 unspecified atom stereocenters. The summed E-state index contributed by atoms with van der Waals surface area (Å²) in [7, 11) is 0. The zero-order valence-electron chi connectivity index (χ0n) is 16.9. The minimum absolute atomic E-state index is 0.0295. The Balaban J connectivity index is 1.56. The van der Waals surface area contributed by atoms with Gasteiger partial charge < -0.3 is 19.3 Å². The fourth-order valence-electron chi connectivity index (χ4n) is 2.83. The predicted molar refractivity (Wildman–Crippen MR) is 124 cm³/mol. The van der Waals surface area contributed by atoms with Crippen LogP contribution in [0.4, 0.5) is 0 Å². The number of carboxylic acid groups (broad SMARTS) is 1. The second kappa shape index (κ2) is 11.1. The van der Waals surface area contributed by atoms with Gasteiger partial charge in [-0.05, 0) is 64.8 Å². The summed E-state index contributed by atoms with van der Waals surface area (Å²) in [5.74, 6) is 1.62. The molecule has 1 N–H and O–H groups in total. The van der Waals surface area contributed by atoms with E-state index in [0.717, 1.165) is 4.47 Å². The van der Waals surface area contributed by atoms with Crippen LogP contribution in [0, 0.1) is 0 Å². The number of carbonyl (C=O) groups is 1. The Bertz CT molecular complexity index is 1030. The van der Waals surface area contributed by atoms with Crippen molar-refractivity contribution in [1.29, 1.82) is 0 Å². The van der Waals surface area contributed by atoms with Gasteiger partial charge in [0.15, 0.2) is 11.5 Å². The number of aliphatic carboxylic acids is 1. The summed E-state index contributed by atoms with van der Waals surface area (Å²) in [5, 5.41) is 9.45. The van der Waals surface area contributed by atoms with Gasteiger partial charge in [-0.3, -0.25) is 4.79 Å². The van der Waals surface area contributed by atoms with E-state index in [2.05, 4.69) is 15.9 Å². The average Bonchev–Trinajstić information content (AvgIpc) is 2.72. The summed E-state index contributed by atoms with van der Waals surface area (Å²) in [4.78, 5) is 10.8. The van der Waals surface area contributed by atoms with Crippen molar-refractivity contribution in [1.82, 2.24) is 0 Å². The maximum Gasteiger partial charge on any atom is 0.307 e. The topological polar surface area (TPSA) is 65.0 Å². The van der Waals surface area contributed by atoms with Gasteiger partial charge >= 0.3 is 5.97 Å². The van der Waals surface area contributed by atoms with Crippen LogP contribution in [0.5, 0.6) is 23.0 Å². The first-order chi connectivity index (χ1) is 14.9. The summed E-state index contributed by atoms with van der Waals surface area (Å²) in [6, 6.07) is 20.0. The molecule has 0 aliphatic heterocycles. The molecule has 0 fully saturated rings. The SMILES string of the molecule is CC(CCOc1ccc(CC(=O)O)cc1Br)Oc1ccc(Cl)cc1Oc1ccccc1. The van der Waals surface area contributed by atoms with Crippen molar-refractivity contribution in [3.63, 3.8) is 0 Å². The maximum absolute atomic E-state index is 10.8. The van der Waals surface area contributed by atoms with Crippen molar-refractivity contribution in [2.75, 3.05) is 6.61 Å². The Kier molecular flexibility index (Phi) is 8.20. The molecule has 3 aromatic rings. The minimum Gasteiger partial charge on any atom is -0.492 e. The summed E-state index contributed by atoms with van der Waals surface area (Å²) in [5.41, 5.74) is 0.706. The Morgan fingerprint density at radius 3 is 2.48 bits per heavy atom. The lowest BCUT2D eigenvalue weighted by atomic mass is 10.1. The van der Waals surface area contributed by atoms with Crippen LogP contribution in [0.25, 0.3) is 0 Å². The van der Waals surface area contributed by atoms with Crippen LogP contribution in [-0.2, 0) is 11.2 Å². The van der Waals surface area contributed by atoms with E-state index in [1.165, 1.54) is 0 Å². The molecule has 162 valence electrons. The van der Waals surface area contributed by atoms with E-state index in [0.29, 0.717) is 46.6 Å². The van der Waals surface area contributed by atoms with Crippen molar-refractivity contribution in [3.05, 3.63) is 81.8 Å². The maximum atomic E-state index is 10.8. The van der Waals surface area contributed by atoms with Crippen molar-refractivity contribution >= 4 is 33.5 Å². The number of ether oxygens (including phenoxy) is 3. The largest absolute Gasteiger partial charge is 0.492 e. The van der Waals surface area contributed by atoms with E-state index in [1.807, 2.05) is 37.3 Å². The van der Waals surface area contributed by atoms with E-state index >= 15 is 0 Å². The van der Waals surface area contributed by atoms with Crippen molar-refractivity contribution < 1.29 is 24.1 Å². The highest BCUT2D eigenvalue weighted by Gasteiger charge is 2.13. The molecule has 0 aromatic heterocycles. The fraction of sp³-hybridized carbons (Fsp3) is 0.208. The van der Waals surface area contributed by atoms with Crippen LogP contribution in [0.3, 0.4) is 0 Å². The molecule has 1 atom stereocenters. The van der Waals surface area contributed by atoms with E-state index < -0.39 is 5.97 Å². The monoisotopic (exact) mass is 504 g/mol. The van der Waals surface area contributed by atoms with Crippen LogP contribution in [0.15, 0.2) is 71.2 Å². The molecule has 0 aliphatic carbocycles. The lowest BCUT2D eigenvalue weighted by Crippen LogP contribution is -2.16. The van der Waals surface area contributed by atoms with Gasteiger partial charge in [-0.25, -0.2) is 0 Å². The third-order valence-corrected chi connectivity index (χ3v) is 5.19. The highest BCUT2D eigenvalue weighted by molar-refractivity contribution is 9.10. The van der Waals surface area contributed by atoms with Gasteiger partial charge in [0.25, 0.3) is 0 Å². The highest BCUT2D eigenvalue weighted by Crippen LogP contribution is 2.35. The van der Waals surface area contributed by atoms with Gasteiger partial charge in [-0.1, -0.05) is 35.9 Å². The first-order valence-electron chi connectivity index (χ1n) is 9.73. The number of halogens is 2. The molecule has 0 amide bonds. The standard InChI is InChI=1S/C24H22BrClO5/c1-16(11-12-29-21-9-7-17(13-20(21)25)14-24(27)28)30-22-10-8-18(26)15-23(22)31-19-5-3-2-4-6-19/h2-10,13,15-16H,11-12,14H2,1H3,(H,27,28). The molecule has 5 nitrogen and oxygen atoms in total. The van der Waals surface area contributed by atoms with Gasteiger partial charge in [0, 0.05) is 17.5 Å². The summed E-state index contributed by atoms with van der Waals surface area (Å²) in [6.07, 6.45) is 0.471. The normalized spacial score (nSPS) is 11.6. The molecular formula is C24H22BrClO5. The van der Waals surface area contributed by atoms with Crippen LogP contribution in [-0.4, -0.2) is 23.8 Å². The summed E-state index contributed by atoms with van der Waals surface area (Å²) in [6.45, 7) is 2.38. The van der Waals surface area contributed by atoms with Gasteiger partial charge in [0.2, 0.25) is 0 Å². The van der Waals surface area contributed by atoms with Gasteiger partial charge in [-0.2, -0.15) is 0 Å². The molecule has 0 saturated carbocycles. The molecule has 7 heteroatoms. The Hall–Kier alpha value is -2.70. The number of benzene rings is 3. The molecule has 0 heterocycles. The predicted octanol–water partition coefficient (Wildman–Crippen LogP) is 6.76. The third kappa shape index (κ3) is 7.19. The smallest absolute Gasteiger partial charge is 0.307 e. The van der Waals surface area contributed by atoms with Crippen LogP contribution in [0.1, 0.15) is 18.9 Å². The lowest BCUT2D eigenvalue weighted by Gasteiger charge is -2.18. The molecule has 0 bridgehead atoms. The minimum atomic E-state index is -0.871. The van der Waals surface area contributed by atoms with Crippen LogP contribution in [0.2, 0.25) is 5.02 Å². The molecule has 3 aromatic carbocycles. The second-order valence-corrected chi connectivity index (χ2v) is 8.20. The first-order valence-corrected chi connectivity index (χ1v) is 10.9. The second-order valence-electron chi connectivity index (χ2n) is 6.91. The fourth-order valence-corrected chi connectivity index (χ4v) is 3.53. The summed E-state index contributed by atoms with van der Waals surface area (Å²) < 4.78 is 18.5. The summed E-state index contributed by atoms with van der Waals surface area (Å²) >= 11 is 9.56. The van der Waals surface area contributed by atoms with Gasteiger partial charge in [0.05, 0.1) is 23.6 Å². The average molecular weight is 506 g/mol. The van der Waals surface area contributed by atoms with E-state index in [4.69, 9.17) is 30.9 Å². The molecule has 0 aliphatic rings. The Labute approximate surface area is 194 Å². The van der Waals surface area contributed by atoms with E-state index in [9.17, 15) is 4.79 Å². The van der Waals surface area contributed by atoms with Gasteiger partial charge in [-0.15, -0.1) is 0 Å². The molecule has 31 heavy (non-hydrogen) atoms. The van der Waals surface area contributed by atoms with E-state index in [1.54, 1.807) is 36.4 Å². The number of hydrogen-bond donors (Lipinski definition) is 1. The van der Waals surface area contributed by atoms with Crippen molar-refractivity contribution in [3.8, 4) is 23.0 Å². The number of para-hydroxylation sites is 1. The Morgan fingerprint density at radius 1 is 1.03 bits per heavy atom.